The minimum atomic E-state index is -1.06. The number of rotatable bonds is 6. The Morgan fingerprint density at radius 3 is 2.28 bits per heavy atom. The monoisotopic (exact) mass is 551 g/mol. The molecule has 0 spiro atoms. The van der Waals surface area contributed by atoms with Gasteiger partial charge in [0.2, 0.25) is 5.91 Å². The average Bonchev–Trinajstić information content (AvgIpc) is 2.88. The molecule has 0 aliphatic carbocycles. The summed E-state index contributed by atoms with van der Waals surface area (Å²) < 4.78 is 60.3. The molecule has 0 aromatic heterocycles. The van der Waals surface area contributed by atoms with Crippen LogP contribution in [0.4, 0.5) is 22.4 Å². The standard InChI is InChI=1S/C29H37F4N3O3/c1-19(9-11-22(31)20(2)30)26(21-10-12-23(32)24(33)18-21)34-14-16-35(17-15-34)27(37)25-8-6-7-13-36(25)28(38)39-29(3,4)5/h9-12,18,25-26H,1,6-8,13-17H2,2-5H3/b11-9-,22-20-/t25-,26?/m0/s1. The van der Waals surface area contributed by atoms with Crippen LogP contribution in [-0.2, 0) is 9.53 Å². The molecule has 1 aromatic rings. The van der Waals surface area contributed by atoms with Gasteiger partial charge in [-0.25, -0.2) is 22.4 Å². The van der Waals surface area contributed by atoms with Crippen LogP contribution >= 0.6 is 0 Å². The van der Waals surface area contributed by atoms with Gasteiger partial charge < -0.3 is 9.64 Å². The Morgan fingerprint density at radius 1 is 1.03 bits per heavy atom. The molecule has 2 aliphatic heterocycles. The number of allylic oxidation sites excluding steroid dienone is 3. The minimum absolute atomic E-state index is 0.158. The molecule has 2 amide bonds. The molecule has 0 radical (unpaired) electrons. The van der Waals surface area contributed by atoms with Gasteiger partial charge in [-0.3, -0.25) is 14.6 Å². The number of likely N-dealkylation sites (tertiary alicyclic amines) is 1. The number of amides is 2. The van der Waals surface area contributed by atoms with Crippen molar-refractivity contribution in [3.05, 3.63) is 71.4 Å². The summed E-state index contributed by atoms with van der Waals surface area (Å²) in [5, 5.41) is 0. The maximum atomic E-state index is 14.1. The Bertz CT molecular complexity index is 1130. The van der Waals surface area contributed by atoms with Gasteiger partial charge in [0.25, 0.3) is 0 Å². The Hall–Kier alpha value is -3.14. The van der Waals surface area contributed by atoms with E-state index in [4.69, 9.17) is 4.74 Å². The fraction of sp³-hybridized carbons (Fsp3) is 0.517. The highest BCUT2D eigenvalue weighted by Gasteiger charge is 2.38. The van der Waals surface area contributed by atoms with Crippen LogP contribution in [0.15, 0.2) is 54.2 Å². The lowest BCUT2D eigenvalue weighted by molar-refractivity contribution is -0.140. The summed E-state index contributed by atoms with van der Waals surface area (Å²) in [7, 11) is 0. The summed E-state index contributed by atoms with van der Waals surface area (Å²) in [5.41, 5.74) is 0.0646. The predicted octanol–water partition coefficient (Wildman–Crippen LogP) is 6.22. The molecule has 1 aromatic carbocycles. The van der Waals surface area contributed by atoms with Crippen molar-refractivity contribution >= 4 is 12.0 Å². The smallest absolute Gasteiger partial charge is 0.410 e. The van der Waals surface area contributed by atoms with Gasteiger partial charge in [0.15, 0.2) is 17.5 Å². The van der Waals surface area contributed by atoms with Gasteiger partial charge in [-0.2, -0.15) is 0 Å². The number of carbonyl (C=O) groups excluding carboxylic acids is 2. The van der Waals surface area contributed by atoms with E-state index in [1.54, 1.807) is 25.7 Å². The number of nitrogens with zero attached hydrogens (tertiary/aromatic N) is 3. The van der Waals surface area contributed by atoms with E-state index >= 15 is 0 Å². The fourth-order valence-corrected chi connectivity index (χ4v) is 4.87. The lowest BCUT2D eigenvalue weighted by atomic mass is 9.96. The van der Waals surface area contributed by atoms with E-state index in [1.807, 2.05) is 4.90 Å². The van der Waals surface area contributed by atoms with Crippen LogP contribution in [0.2, 0.25) is 0 Å². The Kier molecular flexibility index (Phi) is 9.98. The molecule has 0 N–H and O–H groups in total. The quantitative estimate of drug-likeness (QED) is 0.311. The van der Waals surface area contributed by atoms with E-state index in [0.717, 1.165) is 38.0 Å². The largest absolute Gasteiger partial charge is 0.444 e. The van der Waals surface area contributed by atoms with Crippen LogP contribution in [0.5, 0.6) is 0 Å². The van der Waals surface area contributed by atoms with Crippen molar-refractivity contribution in [1.82, 2.24) is 14.7 Å². The number of piperidine rings is 1. The Morgan fingerprint density at radius 2 is 1.69 bits per heavy atom. The van der Waals surface area contributed by atoms with Gasteiger partial charge in [-0.15, -0.1) is 0 Å². The van der Waals surface area contributed by atoms with Crippen LogP contribution in [0, 0.1) is 11.6 Å². The maximum absolute atomic E-state index is 14.1. The number of benzene rings is 1. The van der Waals surface area contributed by atoms with Crippen LogP contribution in [0.1, 0.15) is 58.6 Å². The maximum Gasteiger partial charge on any atom is 0.410 e. The topological polar surface area (TPSA) is 53.1 Å². The first-order valence-corrected chi connectivity index (χ1v) is 13.1. The Balaban J connectivity index is 1.76. The molecule has 2 fully saturated rings. The van der Waals surface area contributed by atoms with Crippen LogP contribution in [0.3, 0.4) is 0 Å². The molecular formula is C29H37F4N3O3. The van der Waals surface area contributed by atoms with Crippen LogP contribution in [0.25, 0.3) is 0 Å². The highest BCUT2D eigenvalue weighted by molar-refractivity contribution is 5.86. The third kappa shape index (κ3) is 7.94. The molecule has 2 heterocycles. The normalized spacial score (nSPS) is 20.6. The van der Waals surface area contributed by atoms with Crippen LogP contribution < -0.4 is 0 Å². The zero-order chi connectivity index (χ0) is 28.9. The van der Waals surface area contributed by atoms with E-state index in [-0.39, 0.29) is 5.91 Å². The van der Waals surface area contributed by atoms with Gasteiger partial charge in [0, 0.05) is 32.7 Å². The Labute approximate surface area is 227 Å². The molecule has 3 rings (SSSR count). The molecule has 6 nitrogen and oxygen atoms in total. The lowest BCUT2D eigenvalue weighted by Gasteiger charge is -2.43. The van der Waals surface area contributed by atoms with Crippen molar-refractivity contribution in [3.8, 4) is 0 Å². The number of carbonyl (C=O) groups is 2. The van der Waals surface area contributed by atoms with Crippen molar-refractivity contribution in [1.29, 1.82) is 0 Å². The second kappa shape index (κ2) is 12.8. The van der Waals surface area contributed by atoms with Crippen molar-refractivity contribution < 1.29 is 31.9 Å². The third-order valence-electron chi connectivity index (χ3n) is 6.79. The van der Waals surface area contributed by atoms with Gasteiger partial charge in [0.1, 0.15) is 17.5 Å². The molecule has 2 aliphatic rings. The van der Waals surface area contributed by atoms with E-state index in [9.17, 15) is 27.2 Å². The number of hydrogen-bond acceptors (Lipinski definition) is 4. The zero-order valence-electron chi connectivity index (χ0n) is 23.0. The van der Waals surface area contributed by atoms with Crippen molar-refractivity contribution in [2.24, 2.45) is 0 Å². The SMILES string of the molecule is C=C(/C=C\C(F)=C(/C)F)C(c1ccc(F)c(F)c1)N1CCN(C(=O)[C@@H]2CCCCN2C(=O)OC(C)(C)C)CC1. The molecular weight excluding hydrogens is 514 g/mol. The summed E-state index contributed by atoms with van der Waals surface area (Å²) in [6.07, 6.45) is 3.90. The molecule has 39 heavy (non-hydrogen) atoms. The minimum Gasteiger partial charge on any atom is -0.444 e. The molecule has 10 heteroatoms. The number of hydrogen-bond donors (Lipinski definition) is 0. The third-order valence-corrected chi connectivity index (χ3v) is 6.79. The molecule has 2 saturated heterocycles. The van der Waals surface area contributed by atoms with E-state index < -0.39 is 47.1 Å². The van der Waals surface area contributed by atoms with Crippen LogP contribution in [-0.4, -0.2) is 71.1 Å². The molecule has 214 valence electrons. The zero-order valence-corrected chi connectivity index (χ0v) is 23.0. The van der Waals surface area contributed by atoms with Gasteiger partial charge >= 0.3 is 6.09 Å². The van der Waals surface area contributed by atoms with Gasteiger partial charge in [0.05, 0.1) is 6.04 Å². The van der Waals surface area contributed by atoms with Crippen molar-refractivity contribution in [2.45, 2.75) is 64.6 Å². The first kappa shape index (κ1) is 30.4. The summed E-state index contributed by atoms with van der Waals surface area (Å²) in [6, 6.07) is 2.22. The molecule has 2 atom stereocenters. The van der Waals surface area contributed by atoms with Gasteiger partial charge in [-0.05, 0) is 76.3 Å². The summed E-state index contributed by atoms with van der Waals surface area (Å²) in [4.78, 5) is 31.4. The average molecular weight is 552 g/mol. The van der Waals surface area contributed by atoms with Crippen molar-refractivity contribution in [2.75, 3.05) is 32.7 Å². The van der Waals surface area contributed by atoms with E-state index in [2.05, 4.69) is 6.58 Å². The highest BCUT2D eigenvalue weighted by atomic mass is 19.2. The predicted molar refractivity (Wildman–Crippen MR) is 141 cm³/mol. The van der Waals surface area contributed by atoms with Gasteiger partial charge in [-0.1, -0.05) is 18.7 Å². The number of halogens is 4. The second-order valence-electron chi connectivity index (χ2n) is 10.9. The second-order valence-corrected chi connectivity index (χ2v) is 10.9. The summed E-state index contributed by atoms with van der Waals surface area (Å²) >= 11 is 0. The molecule has 0 bridgehead atoms. The summed E-state index contributed by atoms with van der Waals surface area (Å²) in [6.45, 7) is 12.1. The number of ether oxygens (including phenoxy) is 1. The van der Waals surface area contributed by atoms with E-state index in [1.165, 1.54) is 17.0 Å². The van der Waals surface area contributed by atoms with Crippen molar-refractivity contribution in [3.63, 3.8) is 0 Å². The molecule has 1 unspecified atom stereocenters. The lowest BCUT2D eigenvalue weighted by Crippen LogP contribution is -2.58. The molecule has 0 saturated carbocycles. The van der Waals surface area contributed by atoms with E-state index in [0.29, 0.717) is 50.3 Å². The first-order chi connectivity index (χ1) is 18.3. The summed E-state index contributed by atoms with van der Waals surface area (Å²) in [5.74, 6) is -4.24. The number of piperazine rings is 1. The fourth-order valence-electron chi connectivity index (χ4n) is 4.87. The first-order valence-electron chi connectivity index (χ1n) is 13.1. The highest BCUT2D eigenvalue weighted by Crippen LogP contribution is 2.32.